The molecular weight excluding hydrogens is 332 g/mol. The lowest BCUT2D eigenvalue weighted by molar-refractivity contribution is 0.0944. The van der Waals surface area contributed by atoms with Gasteiger partial charge in [0.05, 0.1) is 5.69 Å². The minimum Gasteiger partial charge on any atom is -0.347 e. The van der Waals surface area contributed by atoms with Crippen molar-refractivity contribution in [3.63, 3.8) is 0 Å². The van der Waals surface area contributed by atoms with E-state index in [2.05, 4.69) is 32.8 Å². The molecule has 4 heterocycles. The van der Waals surface area contributed by atoms with Crippen LogP contribution in [0.1, 0.15) is 21.7 Å². The van der Waals surface area contributed by atoms with E-state index in [0.29, 0.717) is 17.9 Å². The van der Waals surface area contributed by atoms with Crippen LogP contribution in [0, 0.1) is 6.92 Å². The number of aromatic nitrogens is 3. The first-order valence-electron chi connectivity index (χ1n) is 7.91. The molecule has 0 aliphatic heterocycles. The van der Waals surface area contributed by atoms with Crippen molar-refractivity contribution in [3.05, 3.63) is 76.6 Å². The van der Waals surface area contributed by atoms with E-state index < -0.39 is 0 Å². The first kappa shape index (κ1) is 15.5. The molecule has 1 N–H and O–H groups in total. The maximum atomic E-state index is 12.6. The van der Waals surface area contributed by atoms with E-state index in [1.165, 1.54) is 0 Å². The lowest BCUT2D eigenvalue weighted by Crippen LogP contribution is -2.25. The molecule has 0 fully saturated rings. The van der Waals surface area contributed by atoms with Crippen molar-refractivity contribution in [1.29, 1.82) is 0 Å². The largest absolute Gasteiger partial charge is 0.347 e. The van der Waals surface area contributed by atoms with Crippen LogP contribution in [0.15, 0.2) is 59.7 Å². The Morgan fingerprint density at radius 3 is 3.00 bits per heavy atom. The molecule has 124 valence electrons. The van der Waals surface area contributed by atoms with Crippen molar-refractivity contribution >= 4 is 22.9 Å². The second-order valence-corrected chi connectivity index (χ2v) is 6.53. The Morgan fingerprint density at radius 2 is 2.16 bits per heavy atom. The van der Waals surface area contributed by atoms with Gasteiger partial charge in [-0.1, -0.05) is 6.07 Å². The van der Waals surface area contributed by atoms with E-state index in [0.717, 1.165) is 22.3 Å². The van der Waals surface area contributed by atoms with Gasteiger partial charge in [-0.05, 0) is 53.1 Å². The molecule has 5 nitrogen and oxygen atoms in total. The number of rotatable bonds is 4. The third-order valence-corrected chi connectivity index (χ3v) is 4.70. The fraction of sp³-hybridized carbons (Fsp3) is 0.105. The van der Waals surface area contributed by atoms with Crippen molar-refractivity contribution in [1.82, 2.24) is 19.7 Å². The molecule has 4 rings (SSSR count). The molecule has 0 saturated carbocycles. The van der Waals surface area contributed by atoms with Gasteiger partial charge in [0.15, 0.2) is 0 Å². The molecule has 4 aromatic heterocycles. The number of fused-ring (bicyclic) bond motifs is 1. The van der Waals surface area contributed by atoms with Gasteiger partial charge >= 0.3 is 0 Å². The van der Waals surface area contributed by atoms with Gasteiger partial charge in [0, 0.05) is 30.7 Å². The summed E-state index contributed by atoms with van der Waals surface area (Å²) in [4.78, 5) is 21.3. The Hall–Kier alpha value is -2.99. The van der Waals surface area contributed by atoms with Crippen LogP contribution in [-0.2, 0) is 6.54 Å². The maximum Gasteiger partial charge on any atom is 0.270 e. The molecule has 0 aliphatic rings. The molecule has 6 heteroatoms. The van der Waals surface area contributed by atoms with Gasteiger partial charge in [-0.3, -0.25) is 14.2 Å². The molecule has 0 atom stereocenters. The van der Waals surface area contributed by atoms with Crippen molar-refractivity contribution in [2.75, 3.05) is 0 Å². The monoisotopic (exact) mass is 348 g/mol. The highest BCUT2D eigenvalue weighted by atomic mass is 32.1. The first-order chi connectivity index (χ1) is 12.2. The van der Waals surface area contributed by atoms with Crippen LogP contribution in [0.3, 0.4) is 0 Å². The molecular formula is C19H16N4OS. The number of hydrogen-bond donors (Lipinski definition) is 1. The van der Waals surface area contributed by atoms with Crippen molar-refractivity contribution in [3.8, 4) is 11.1 Å². The summed E-state index contributed by atoms with van der Waals surface area (Å²) in [5, 5.41) is 7.09. The lowest BCUT2D eigenvalue weighted by Gasteiger charge is -2.07. The topological polar surface area (TPSA) is 59.3 Å². The van der Waals surface area contributed by atoms with E-state index in [-0.39, 0.29) is 5.91 Å². The van der Waals surface area contributed by atoms with Crippen LogP contribution in [0.25, 0.3) is 16.8 Å². The summed E-state index contributed by atoms with van der Waals surface area (Å²) in [7, 11) is 0. The minimum atomic E-state index is -0.142. The van der Waals surface area contributed by atoms with Crippen molar-refractivity contribution < 1.29 is 4.79 Å². The van der Waals surface area contributed by atoms with Crippen LogP contribution in [0.2, 0.25) is 0 Å². The van der Waals surface area contributed by atoms with Gasteiger partial charge in [0.1, 0.15) is 11.3 Å². The standard InChI is InChI=1S/C19H16N4OS/c1-13-18(23-6-3-2-4-17(23)22-13)19(24)21-10-14-8-16(11-20-9-14)15-5-7-25-12-15/h2-9,11-12H,10H2,1H3,(H,21,24). The van der Waals surface area contributed by atoms with Gasteiger partial charge < -0.3 is 5.32 Å². The quantitative estimate of drug-likeness (QED) is 0.612. The lowest BCUT2D eigenvalue weighted by atomic mass is 10.1. The van der Waals surface area contributed by atoms with Crippen LogP contribution in [0.5, 0.6) is 0 Å². The average molecular weight is 348 g/mol. The molecule has 0 radical (unpaired) electrons. The Bertz CT molecular complexity index is 1040. The number of carbonyl (C=O) groups is 1. The normalized spacial score (nSPS) is 10.9. The van der Waals surface area contributed by atoms with Gasteiger partial charge in [-0.25, -0.2) is 4.98 Å². The van der Waals surface area contributed by atoms with Gasteiger partial charge in [-0.2, -0.15) is 11.3 Å². The zero-order valence-electron chi connectivity index (χ0n) is 13.6. The Balaban J connectivity index is 1.54. The van der Waals surface area contributed by atoms with Crippen LogP contribution in [-0.4, -0.2) is 20.3 Å². The number of thiophene rings is 1. The maximum absolute atomic E-state index is 12.6. The zero-order valence-corrected chi connectivity index (χ0v) is 14.5. The molecule has 25 heavy (non-hydrogen) atoms. The highest BCUT2D eigenvalue weighted by molar-refractivity contribution is 7.08. The fourth-order valence-electron chi connectivity index (χ4n) is 2.82. The number of imidazole rings is 1. The number of hydrogen-bond acceptors (Lipinski definition) is 4. The van der Waals surface area contributed by atoms with Crippen LogP contribution < -0.4 is 5.32 Å². The molecule has 0 aromatic carbocycles. The van der Waals surface area contributed by atoms with E-state index in [4.69, 9.17) is 0 Å². The summed E-state index contributed by atoms with van der Waals surface area (Å²) in [5.74, 6) is -0.142. The number of nitrogens with zero attached hydrogens (tertiary/aromatic N) is 3. The van der Waals surface area contributed by atoms with Gasteiger partial charge in [-0.15, -0.1) is 0 Å². The second-order valence-electron chi connectivity index (χ2n) is 5.75. The summed E-state index contributed by atoms with van der Waals surface area (Å²) in [6.07, 6.45) is 5.46. The molecule has 1 amide bonds. The number of aryl methyl sites for hydroxylation is 1. The predicted octanol–water partition coefficient (Wildman–Crippen LogP) is 3.70. The smallest absolute Gasteiger partial charge is 0.270 e. The third kappa shape index (κ3) is 3.04. The summed E-state index contributed by atoms with van der Waals surface area (Å²) in [6, 6.07) is 9.80. The van der Waals surface area contributed by atoms with Gasteiger partial charge in [0.25, 0.3) is 5.91 Å². The number of pyridine rings is 2. The molecule has 4 aromatic rings. The SMILES string of the molecule is Cc1nc2ccccn2c1C(=O)NCc1cncc(-c2ccsc2)c1. The number of amides is 1. The Labute approximate surface area is 149 Å². The summed E-state index contributed by atoms with van der Waals surface area (Å²) < 4.78 is 1.81. The molecule has 0 aliphatic carbocycles. The highest BCUT2D eigenvalue weighted by Gasteiger charge is 2.16. The van der Waals surface area contributed by atoms with E-state index in [1.807, 2.05) is 47.3 Å². The number of nitrogens with one attached hydrogen (secondary N) is 1. The molecule has 0 spiro atoms. The van der Waals surface area contributed by atoms with Crippen molar-refractivity contribution in [2.24, 2.45) is 0 Å². The zero-order chi connectivity index (χ0) is 17.2. The first-order valence-corrected chi connectivity index (χ1v) is 8.85. The Kier molecular flexibility index (Phi) is 4.03. The highest BCUT2D eigenvalue weighted by Crippen LogP contribution is 2.22. The van der Waals surface area contributed by atoms with Crippen molar-refractivity contribution in [2.45, 2.75) is 13.5 Å². The van der Waals surface area contributed by atoms with Crippen LogP contribution in [0.4, 0.5) is 0 Å². The third-order valence-electron chi connectivity index (χ3n) is 4.02. The molecule has 0 saturated heterocycles. The van der Waals surface area contributed by atoms with Crippen LogP contribution >= 0.6 is 11.3 Å². The average Bonchev–Trinajstić information content (AvgIpc) is 3.27. The minimum absolute atomic E-state index is 0.142. The van der Waals surface area contributed by atoms with E-state index in [9.17, 15) is 4.79 Å². The second kappa shape index (κ2) is 6.49. The molecule has 0 unspecified atom stereocenters. The summed E-state index contributed by atoms with van der Waals surface area (Å²) >= 11 is 1.65. The molecule has 0 bridgehead atoms. The fourth-order valence-corrected chi connectivity index (χ4v) is 3.49. The van der Waals surface area contributed by atoms with Gasteiger partial charge in [0.2, 0.25) is 0 Å². The Morgan fingerprint density at radius 1 is 1.24 bits per heavy atom. The summed E-state index contributed by atoms with van der Waals surface area (Å²) in [6.45, 7) is 2.27. The number of carbonyl (C=O) groups excluding carboxylic acids is 1. The van der Waals surface area contributed by atoms with E-state index >= 15 is 0 Å². The van der Waals surface area contributed by atoms with E-state index in [1.54, 1.807) is 17.5 Å². The predicted molar refractivity (Wildman–Crippen MR) is 98.6 cm³/mol. The summed E-state index contributed by atoms with van der Waals surface area (Å²) in [5.41, 5.74) is 5.21.